The van der Waals surface area contributed by atoms with Crippen molar-refractivity contribution in [1.29, 1.82) is 0 Å². The average molecular weight is 349 g/mol. The molecule has 1 fully saturated rings. The van der Waals surface area contributed by atoms with E-state index < -0.39 is 17.4 Å². The zero-order valence-corrected chi connectivity index (χ0v) is 13.6. The van der Waals surface area contributed by atoms with Gasteiger partial charge in [-0.05, 0) is 37.1 Å². The smallest absolute Gasteiger partial charge is 0.289 e. The number of primary amides is 1. The molecule has 6 nitrogen and oxygen atoms in total. The molecule has 0 unspecified atom stereocenters. The molecule has 0 bridgehead atoms. The van der Waals surface area contributed by atoms with E-state index >= 15 is 0 Å². The molecule has 1 aliphatic heterocycles. The van der Waals surface area contributed by atoms with Gasteiger partial charge in [-0.3, -0.25) is 9.59 Å². The summed E-state index contributed by atoms with van der Waals surface area (Å²) in [5, 5.41) is 10.7. The Morgan fingerprint density at radius 2 is 2.00 bits per heavy atom. The zero-order chi connectivity index (χ0) is 17.3. The minimum absolute atomic E-state index is 0.124. The van der Waals surface area contributed by atoms with Gasteiger partial charge < -0.3 is 20.2 Å². The maximum absolute atomic E-state index is 12.6. The molecular formula is C17H17ClN2O4. The summed E-state index contributed by atoms with van der Waals surface area (Å²) in [5.74, 6) is -0.617. The number of hydrogen-bond donors (Lipinski definition) is 2. The second-order valence-electron chi connectivity index (χ2n) is 5.87. The van der Waals surface area contributed by atoms with Gasteiger partial charge in [0.2, 0.25) is 0 Å². The molecule has 1 atom stereocenters. The van der Waals surface area contributed by atoms with E-state index in [1.54, 1.807) is 30.3 Å². The quantitative estimate of drug-likeness (QED) is 0.887. The number of piperidine rings is 1. The topological polar surface area (TPSA) is 96.8 Å². The Morgan fingerprint density at radius 3 is 2.71 bits per heavy atom. The van der Waals surface area contributed by atoms with Crippen molar-refractivity contribution in [3.8, 4) is 11.3 Å². The number of furan rings is 1. The lowest BCUT2D eigenvalue weighted by Crippen LogP contribution is -2.57. The van der Waals surface area contributed by atoms with Crippen LogP contribution in [0, 0.1) is 0 Å². The van der Waals surface area contributed by atoms with Crippen molar-refractivity contribution in [1.82, 2.24) is 4.90 Å². The Kier molecular flexibility index (Phi) is 4.34. The van der Waals surface area contributed by atoms with Crippen LogP contribution in [0.4, 0.5) is 0 Å². The molecule has 1 saturated heterocycles. The maximum atomic E-state index is 12.6. The second-order valence-corrected chi connectivity index (χ2v) is 6.28. The zero-order valence-electron chi connectivity index (χ0n) is 12.9. The lowest BCUT2D eigenvalue weighted by molar-refractivity contribution is -0.140. The molecule has 1 aliphatic rings. The van der Waals surface area contributed by atoms with E-state index in [0.717, 1.165) is 0 Å². The number of nitrogens with two attached hydrogens (primary N) is 1. The SMILES string of the molecule is NC(=O)[C@]1(O)CCCN(C(=O)c2ccc(-c3ccccc3Cl)o2)C1. The van der Waals surface area contributed by atoms with E-state index in [4.69, 9.17) is 21.8 Å². The fourth-order valence-corrected chi connectivity index (χ4v) is 3.05. The number of carbonyl (C=O) groups excluding carboxylic acids is 2. The number of hydrogen-bond acceptors (Lipinski definition) is 4. The number of likely N-dealkylation sites (tertiary alicyclic amines) is 1. The highest BCUT2D eigenvalue weighted by atomic mass is 35.5. The van der Waals surface area contributed by atoms with E-state index in [9.17, 15) is 14.7 Å². The van der Waals surface area contributed by atoms with Crippen LogP contribution in [0.25, 0.3) is 11.3 Å². The van der Waals surface area contributed by atoms with E-state index in [2.05, 4.69) is 0 Å². The molecular weight excluding hydrogens is 332 g/mol. The standard InChI is InChI=1S/C17H17ClN2O4/c18-12-5-2-1-4-11(12)13-6-7-14(24-13)15(21)20-9-3-8-17(23,10-20)16(19)22/h1-2,4-7,23H,3,8-10H2,(H2,19,22)/t17-/m0/s1. The number of carbonyl (C=O) groups is 2. The Hall–Kier alpha value is -2.31. The van der Waals surface area contributed by atoms with Crippen molar-refractivity contribution >= 4 is 23.4 Å². The summed E-state index contributed by atoms with van der Waals surface area (Å²) in [7, 11) is 0. The Labute approximate surface area is 143 Å². The second kappa shape index (κ2) is 6.30. The lowest BCUT2D eigenvalue weighted by Gasteiger charge is -2.36. The van der Waals surface area contributed by atoms with Gasteiger partial charge in [0.25, 0.3) is 11.8 Å². The maximum Gasteiger partial charge on any atom is 0.289 e. The first-order valence-corrected chi connectivity index (χ1v) is 7.95. The monoisotopic (exact) mass is 348 g/mol. The minimum Gasteiger partial charge on any atom is -0.451 e. The summed E-state index contributed by atoms with van der Waals surface area (Å²) < 4.78 is 5.62. The lowest BCUT2D eigenvalue weighted by atomic mass is 9.92. The number of aliphatic hydroxyl groups is 1. The molecule has 1 aromatic carbocycles. The van der Waals surface area contributed by atoms with Gasteiger partial charge in [-0.25, -0.2) is 0 Å². The van der Waals surface area contributed by atoms with Crippen LogP contribution in [0.5, 0.6) is 0 Å². The number of benzene rings is 1. The summed E-state index contributed by atoms with van der Waals surface area (Å²) in [5.41, 5.74) is 4.23. The minimum atomic E-state index is -1.69. The van der Waals surface area contributed by atoms with Gasteiger partial charge in [0.15, 0.2) is 11.4 Å². The molecule has 2 amide bonds. The molecule has 3 rings (SSSR count). The van der Waals surface area contributed by atoms with Gasteiger partial charge in [0, 0.05) is 12.1 Å². The van der Waals surface area contributed by atoms with Crippen molar-refractivity contribution in [3.63, 3.8) is 0 Å². The van der Waals surface area contributed by atoms with Crippen LogP contribution in [0.3, 0.4) is 0 Å². The molecule has 3 N–H and O–H groups in total. The van der Waals surface area contributed by atoms with Crippen LogP contribution >= 0.6 is 11.6 Å². The molecule has 126 valence electrons. The molecule has 0 aliphatic carbocycles. The molecule has 2 aromatic rings. The fraction of sp³-hybridized carbons (Fsp3) is 0.294. The number of nitrogens with zero attached hydrogens (tertiary/aromatic N) is 1. The first-order valence-electron chi connectivity index (χ1n) is 7.57. The highest BCUT2D eigenvalue weighted by molar-refractivity contribution is 6.33. The Morgan fingerprint density at radius 1 is 1.25 bits per heavy atom. The van der Waals surface area contributed by atoms with Gasteiger partial charge in [-0.15, -0.1) is 0 Å². The third-order valence-electron chi connectivity index (χ3n) is 4.17. The highest BCUT2D eigenvalue weighted by Crippen LogP contribution is 2.30. The van der Waals surface area contributed by atoms with Crippen molar-refractivity contribution in [2.75, 3.05) is 13.1 Å². The van der Waals surface area contributed by atoms with E-state index in [1.807, 2.05) is 6.07 Å². The Balaban J connectivity index is 1.81. The first-order chi connectivity index (χ1) is 11.4. The third kappa shape index (κ3) is 3.02. The molecule has 0 radical (unpaired) electrons. The Bertz CT molecular complexity index is 788. The van der Waals surface area contributed by atoms with Crippen LogP contribution in [0.15, 0.2) is 40.8 Å². The van der Waals surface area contributed by atoms with Crippen LogP contribution in [0.1, 0.15) is 23.4 Å². The van der Waals surface area contributed by atoms with Crippen molar-refractivity contribution in [2.45, 2.75) is 18.4 Å². The van der Waals surface area contributed by atoms with Gasteiger partial charge in [-0.2, -0.15) is 0 Å². The highest BCUT2D eigenvalue weighted by Gasteiger charge is 2.40. The van der Waals surface area contributed by atoms with E-state index in [1.165, 1.54) is 4.90 Å². The predicted molar refractivity (Wildman–Crippen MR) is 88.4 cm³/mol. The molecule has 2 heterocycles. The molecule has 7 heteroatoms. The summed E-state index contributed by atoms with van der Waals surface area (Å²) in [6, 6.07) is 10.4. The van der Waals surface area contributed by atoms with E-state index in [0.29, 0.717) is 29.3 Å². The summed E-state index contributed by atoms with van der Waals surface area (Å²) in [6.45, 7) is 0.292. The third-order valence-corrected chi connectivity index (χ3v) is 4.50. The first kappa shape index (κ1) is 16.5. The van der Waals surface area contributed by atoms with Crippen molar-refractivity contribution in [3.05, 3.63) is 47.2 Å². The molecule has 0 spiro atoms. The van der Waals surface area contributed by atoms with Crippen LogP contribution in [-0.4, -0.2) is 40.5 Å². The summed E-state index contributed by atoms with van der Waals surface area (Å²) >= 11 is 6.13. The van der Waals surface area contributed by atoms with Gasteiger partial charge in [0.1, 0.15) is 5.76 Å². The van der Waals surface area contributed by atoms with Crippen LogP contribution in [0.2, 0.25) is 5.02 Å². The molecule has 24 heavy (non-hydrogen) atoms. The molecule has 1 aromatic heterocycles. The fourth-order valence-electron chi connectivity index (χ4n) is 2.83. The van der Waals surface area contributed by atoms with Crippen molar-refractivity contribution < 1.29 is 19.1 Å². The number of β-amino-alcohol motifs (C(OH)–C–C–N with tert-alkyl or cyclic N) is 1. The van der Waals surface area contributed by atoms with E-state index in [-0.39, 0.29) is 18.7 Å². The van der Waals surface area contributed by atoms with Crippen LogP contribution in [-0.2, 0) is 4.79 Å². The summed E-state index contributed by atoms with van der Waals surface area (Å²) in [6.07, 6.45) is 0.735. The number of rotatable bonds is 3. The van der Waals surface area contributed by atoms with Gasteiger partial charge in [0.05, 0.1) is 11.6 Å². The largest absolute Gasteiger partial charge is 0.451 e. The van der Waals surface area contributed by atoms with Gasteiger partial charge >= 0.3 is 0 Å². The summed E-state index contributed by atoms with van der Waals surface area (Å²) in [4.78, 5) is 25.4. The number of halogens is 1. The normalized spacial score (nSPS) is 20.8. The van der Waals surface area contributed by atoms with Gasteiger partial charge in [-0.1, -0.05) is 23.7 Å². The van der Waals surface area contributed by atoms with Crippen molar-refractivity contribution in [2.24, 2.45) is 5.73 Å². The van der Waals surface area contributed by atoms with Crippen LogP contribution < -0.4 is 5.73 Å². The average Bonchev–Trinajstić information content (AvgIpc) is 3.04. The number of amides is 2. The predicted octanol–water partition coefficient (Wildman–Crippen LogP) is 2.05. The molecule has 0 saturated carbocycles.